The first kappa shape index (κ1) is 11.8. The summed E-state index contributed by atoms with van der Waals surface area (Å²) in [6.07, 6.45) is 2.73. The maximum Gasteiger partial charge on any atom is 0.255 e. The minimum absolute atomic E-state index is 0.0804. The summed E-state index contributed by atoms with van der Waals surface area (Å²) in [6.45, 7) is 6.93. The van der Waals surface area contributed by atoms with Gasteiger partial charge in [0.15, 0.2) is 0 Å². The van der Waals surface area contributed by atoms with Crippen molar-refractivity contribution in [2.45, 2.75) is 33.7 Å². The molecule has 0 fully saturated rings. The van der Waals surface area contributed by atoms with E-state index in [-0.39, 0.29) is 5.56 Å². The quantitative estimate of drug-likeness (QED) is 0.812. The van der Waals surface area contributed by atoms with Crippen molar-refractivity contribution in [2.24, 2.45) is 5.92 Å². The summed E-state index contributed by atoms with van der Waals surface area (Å²) in [7, 11) is 0. The highest BCUT2D eigenvalue weighted by Gasteiger charge is 2.07. The van der Waals surface area contributed by atoms with Crippen molar-refractivity contribution in [1.82, 2.24) is 9.55 Å². The number of rotatable bonds is 3. The zero-order valence-electron chi connectivity index (χ0n) is 10.6. The molecule has 0 N–H and O–H groups in total. The molecule has 0 radical (unpaired) electrons. The van der Waals surface area contributed by atoms with Crippen molar-refractivity contribution in [3.8, 4) is 0 Å². The molecule has 3 heteroatoms. The normalized spacial score (nSPS) is 11.3. The lowest BCUT2D eigenvalue weighted by Crippen LogP contribution is -2.23. The standard InChI is InChI=1S/C14H18N2O/c1-10(2)6-8-16-13-12(5-4-7-15-13)9-11(3)14(16)17/h4-5,7,9-10H,6,8H2,1-3H3. The molecule has 0 aliphatic rings. The van der Waals surface area contributed by atoms with Gasteiger partial charge in [0.2, 0.25) is 0 Å². The summed E-state index contributed by atoms with van der Waals surface area (Å²) >= 11 is 0. The minimum atomic E-state index is 0.0804. The van der Waals surface area contributed by atoms with Crippen molar-refractivity contribution in [2.75, 3.05) is 0 Å². The second kappa shape index (κ2) is 4.70. The predicted octanol–water partition coefficient (Wildman–Crippen LogP) is 2.75. The van der Waals surface area contributed by atoms with Gasteiger partial charge in [0.05, 0.1) is 0 Å². The first-order valence-corrected chi connectivity index (χ1v) is 6.05. The molecular formula is C14H18N2O. The lowest BCUT2D eigenvalue weighted by molar-refractivity contribution is 0.514. The van der Waals surface area contributed by atoms with Gasteiger partial charge in [-0.05, 0) is 37.5 Å². The summed E-state index contributed by atoms with van der Waals surface area (Å²) in [5.41, 5.74) is 1.66. The average Bonchev–Trinajstić information content (AvgIpc) is 2.29. The van der Waals surface area contributed by atoms with Gasteiger partial charge in [-0.15, -0.1) is 0 Å². The van der Waals surface area contributed by atoms with E-state index >= 15 is 0 Å². The van der Waals surface area contributed by atoms with Gasteiger partial charge in [0.1, 0.15) is 5.65 Å². The van der Waals surface area contributed by atoms with Crippen LogP contribution in [-0.4, -0.2) is 9.55 Å². The molecule has 0 atom stereocenters. The fourth-order valence-electron chi connectivity index (χ4n) is 1.95. The van der Waals surface area contributed by atoms with Gasteiger partial charge in [-0.25, -0.2) is 4.98 Å². The number of hydrogen-bond donors (Lipinski definition) is 0. The molecule has 90 valence electrons. The Labute approximate surface area is 101 Å². The fraction of sp³-hybridized carbons (Fsp3) is 0.429. The average molecular weight is 230 g/mol. The second-order valence-electron chi connectivity index (χ2n) is 4.88. The van der Waals surface area contributed by atoms with E-state index in [1.807, 2.05) is 25.1 Å². The van der Waals surface area contributed by atoms with Gasteiger partial charge in [0.25, 0.3) is 5.56 Å². The molecule has 0 spiro atoms. The summed E-state index contributed by atoms with van der Waals surface area (Å²) in [4.78, 5) is 16.4. The maximum absolute atomic E-state index is 12.1. The Morgan fingerprint density at radius 2 is 2.18 bits per heavy atom. The molecule has 0 amide bonds. The van der Waals surface area contributed by atoms with Crippen molar-refractivity contribution in [3.63, 3.8) is 0 Å². The Hall–Kier alpha value is -1.64. The van der Waals surface area contributed by atoms with Crippen LogP contribution in [0.3, 0.4) is 0 Å². The van der Waals surface area contributed by atoms with Crippen LogP contribution in [0.4, 0.5) is 0 Å². The van der Waals surface area contributed by atoms with Crippen LogP contribution in [0.25, 0.3) is 11.0 Å². The van der Waals surface area contributed by atoms with Crippen LogP contribution in [0.15, 0.2) is 29.2 Å². The molecule has 0 unspecified atom stereocenters. The summed E-state index contributed by atoms with van der Waals surface area (Å²) in [5.74, 6) is 0.584. The second-order valence-corrected chi connectivity index (χ2v) is 4.88. The molecule has 0 bridgehead atoms. The molecule has 0 aliphatic carbocycles. The molecule has 2 heterocycles. The van der Waals surface area contributed by atoms with Crippen LogP contribution >= 0.6 is 0 Å². The lowest BCUT2D eigenvalue weighted by atomic mass is 10.1. The van der Waals surface area contributed by atoms with E-state index in [1.165, 1.54) is 0 Å². The lowest BCUT2D eigenvalue weighted by Gasteiger charge is -2.11. The number of pyridine rings is 2. The van der Waals surface area contributed by atoms with Gasteiger partial charge < -0.3 is 0 Å². The van der Waals surface area contributed by atoms with Crippen LogP contribution in [-0.2, 0) is 6.54 Å². The zero-order valence-corrected chi connectivity index (χ0v) is 10.6. The maximum atomic E-state index is 12.1. The van der Waals surface area contributed by atoms with Crippen molar-refractivity contribution >= 4 is 11.0 Å². The number of hydrogen-bond acceptors (Lipinski definition) is 2. The number of nitrogens with zero attached hydrogens (tertiary/aromatic N) is 2. The Kier molecular flexibility index (Phi) is 3.27. The third-order valence-corrected chi connectivity index (χ3v) is 2.96. The number of aryl methyl sites for hydroxylation is 2. The van der Waals surface area contributed by atoms with Gasteiger partial charge in [-0.3, -0.25) is 9.36 Å². The first-order chi connectivity index (χ1) is 8.09. The van der Waals surface area contributed by atoms with E-state index in [2.05, 4.69) is 18.8 Å². The third-order valence-electron chi connectivity index (χ3n) is 2.96. The predicted molar refractivity (Wildman–Crippen MR) is 70.2 cm³/mol. The van der Waals surface area contributed by atoms with Crippen LogP contribution in [0.5, 0.6) is 0 Å². The largest absolute Gasteiger partial charge is 0.292 e. The third kappa shape index (κ3) is 2.38. The van der Waals surface area contributed by atoms with E-state index in [0.717, 1.165) is 29.6 Å². The highest BCUT2D eigenvalue weighted by Crippen LogP contribution is 2.12. The first-order valence-electron chi connectivity index (χ1n) is 6.05. The van der Waals surface area contributed by atoms with E-state index in [4.69, 9.17) is 0 Å². The van der Waals surface area contributed by atoms with Gasteiger partial charge in [-0.1, -0.05) is 13.8 Å². The van der Waals surface area contributed by atoms with Crippen LogP contribution in [0.2, 0.25) is 0 Å². The highest BCUT2D eigenvalue weighted by atomic mass is 16.1. The Balaban J connectivity index is 2.58. The van der Waals surface area contributed by atoms with Crippen LogP contribution in [0.1, 0.15) is 25.8 Å². The molecule has 17 heavy (non-hydrogen) atoms. The fourth-order valence-corrected chi connectivity index (χ4v) is 1.95. The summed E-state index contributed by atoms with van der Waals surface area (Å²) in [5, 5.41) is 1.04. The van der Waals surface area contributed by atoms with Gasteiger partial charge >= 0.3 is 0 Å². The van der Waals surface area contributed by atoms with E-state index in [9.17, 15) is 4.79 Å². The molecule has 0 aliphatic heterocycles. The highest BCUT2D eigenvalue weighted by molar-refractivity contribution is 5.75. The number of aromatic nitrogens is 2. The Bertz CT molecular complexity index is 584. The Morgan fingerprint density at radius 3 is 2.88 bits per heavy atom. The zero-order chi connectivity index (χ0) is 12.4. The van der Waals surface area contributed by atoms with Gasteiger partial charge in [-0.2, -0.15) is 0 Å². The number of fused-ring (bicyclic) bond motifs is 1. The van der Waals surface area contributed by atoms with Crippen LogP contribution in [0, 0.1) is 12.8 Å². The molecule has 2 aromatic heterocycles. The SMILES string of the molecule is Cc1cc2cccnc2n(CCC(C)C)c1=O. The molecule has 0 aromatic carbocycles. The van der Waals surface area contributed by atoms with E-state index < -0.39 is 0 Å². The van der Waals surface area contributed by atoms with Crippen molar-refractivity contribution < 1.29 is 0 Å². The van der Waals surface area contributed by atoms with E-state index in [1.54, 1.807) is 10.8 Å². The molecule has 0 saturated heterocycles. The van der Waals surface area contributed by atoms with Gasteiger partial charge in [0, 0.05) is 23.7 Å². The van der Waals surface area contributed by atoms with Crippen molar-refractivity contribution in [3.05, 3.63) is 40.3 Å². The molecule has 2 rings (SSSR count). The topological polar surface area (TPSA) is 34.9 Å². The minimum Gasteiger partial charge on any atom is -0.292 e. The summed E-state index contributed by atoms with van der Waals surface area (Å²) in [6, 6.07) is 5.82. The van der Waals surface area contributed by atoms with Crippen LogP contribution < -0.4 is 5.56 Å². The van der Waals surface area contributed by atoms with Crippen molar-refractivity contribution in [1.29, 1.82) is 0 Å². The molecular weight excluding hydrogens is 212 g/mol. The smallest absolute Gasteiger partial charge is 0.255 e. The van der Waals surface area contributed by atoms with E-state index in [0.29, 0.717) is 5.92 Å². The molecule has 3 nitrogen and oxygen atoms in total. The Morgan fingerprint density at radius 1 is 1.41 bits per heavy atom. The summed E-state index contributed by atoms with van der Waals surface area (Å²) < 4.78 is 1.80. The molecule has 2 aromatic rings. The monoisotopic (exact) mass is 230 g/mol. The molecule has 0 saturated carbocycles.